The number of halogens is 4. The number of hydrazine groups is 1. The molecule has 3 heterocycles. The Morgan fingerprint density at radius 1 is 1.00 bits per heavy atom. The van der Waals surface area contributed by atoms with Gasteiger partial charge in [-0.1, -0.05) is 59.3 Å². The van der Waals surface area contributed by atoms with Gasteiger partial charge in [-0.05, 0) is 72.6 Å². The van der Waals surface area contributed by atoms with Crippen molar-refractivity contribution in [3.05, 3.63) is 105 Å². The van der Waals surface area contributed by atoms with Crippen molar-refractivity contribution < 1.29 is 27.5 Å². The third-order valence-corrected chi connectivity index (χ3v) is 9.88. The summed E-state index contributed by atoms with van der Waals surface area (Å²) in [4.78, 5) is 31.8. The van der Waals surface area contributed by atoms with E-state index in [0.29, 0.717) is 56.2 Å². The van der Waals surface area contributed by atoms with E-state index >= 15 is 0 Å². The van der Waals surface area contributed by atoms with Gasteiger partial charge in [-0.2, -0.15) is 14.5 Å². The minimum Gasteiger partial charge on any atom is -0.488 e. The predicted molar refractivity (Wildman–Crippen MR) is 180 cm³/mol. The van der Waals surface area contributed by atoms with Crippen molar-refractivity contribution in [1.29, 1.82) is 0 Å². The molecule has 2 N–H and O–H groups in total. The number of piperazine rings is 1. The molecule has 2 bridgehead atoms. The number of nitrogens with one attached hydrogen (secondary N) is 2. The first kappa shape index (κ1) is 34.0. The lowest BCUT2D eigenvalue weighted by Gasteiger charge is -2.45. The van der Waals surface area contributed by atoms with Crippen molar-refractivity contribution in [2.24, 2.45) is 10.3 Å². The van der Waals surface area contributed by atoms with Gasteiger partial charge in [0.2, 0.25) is 11.7 Å². The molecule has 0 aromatic heterocycles. The van der Waals surface area contributed by atoms with Crippen molar-refractivity contribution in [3.8, 4) is 5.75 Å². The summed E-state index contributed by atoms with van der Waals surface area (Å²) in [7, 11) is 0. The van der Waals surface area contributed by atoms with Gasteiger partial charge in [0.15, 0.2) is 17.4 Å². The fourth-order valence-corrected chi connectivity index (χ4v) is 7.03. The minimum atomic E-state index is -1.34. The third-order valence-electron chi connectivity index (χ3n) is 9.51. The quantitative estimate of drug-likeness (QED) is 0.192. The third kappa shape index (κ3) is 7.49. The van der Waals surface area contributed by atoms with Crippen LogP contribution in [0.1, 0.15) is 42.4 Å². The van der Waals surface area contributed by atoms with Gasteiger partial charge in [-0.15, -0.1) is 0 Å². The number of hydrogen-bond donors (Lipinski definition) is 2. The summed E-state index contributed by atoms with van der Waals surface area (Å²) in [5.74, 6) is -4.30. The molecule has 3 aromatic carbocycles. The molecule has 0 radical (unpaired) electrons. The summed E-state index contributed by atoms with van der Waals surface area (Å²) >= 11 is 6.54. The minimum absolute atomic E-state index is 0.00683. The second-order valence-electron chi connectivity index (χ2n) is 13.1. The molecule has 14 heteroatoms. The Kier molecular flexibility index (Phi) is 10.1. The van der Waals surface area contributed by atoms with E-state index in [-0.39, 0.29) is 43.1 Å². The Hall–Kier alpha value is -4.46. The molecule has 2 unspecified atom stereocenters. The number of carbonyl (C=O) groups excluding carboxylic acids is 2. The molecule has 0 spiro atoms. The maximum Gasteiger partial charge on any atom is 0.252 e. The van der Waals surface area contributed by atoms with Crippen molar-refractivity contribution in [2.75, 3.05) is 32.9 Å². The fourth-order valence-electron chi connectivity index (χ4n) is 6.84. The van der Waals surface area contributed by atoms with E-state index in [9.17, 15) is 22.8 Å². The van der Waals surface area contributed by atoms with Gasteiger partial charge in [-0.25, -0.2) is 14.3 Å². The second-order valence-corrected chi connectivity index (χ2v) is 13.5. The Bertz CT molecular complexity index is 1810. The van der Waals surface area contributed by atoms with Crippen LogP contribution in [0.4, 0.5) is 13.2 Å². The number of nitrogens with zero attached hydrogens (tertiary/aromatic N) is 5. The van der Waals surface area contributed by atoms with Gasteiger partial charge in [0.1, 0.15) is 13.2 Å². The summed E-state index contributed by atoms with van der Waals surface area (Å²) in [6.45, 7) is 1.65. The Morgan fingerprint density at radius 2 is 1.78 bits per heavy atom. The summed E-state index contributed by atoms with van der Waals surface area (Å²) in [5.41, 5.74) is 7.11. The van der Waals surface area contributed by atoms with Crippen molar-refractivity contribution >= 4 is 29.0 Å². The van der Waals surface area contributed by atoms with Crippen LogP contribution in [0.25, 0.3) is 5.57 Å². The van der Waals surface area contributed by atoms with E-state index in [4.69, 9.17) is 16.3 Å². The van der Waals surface area contributed by atoms with Gasteiger partial charge in [0.25, 0.3) is 5.91 Å². The number of fused-ring (bicyclic) bond motifs is 2. The van der Waals surface area contributed by atoms with Crippen molar-refractivity contribution in [1.82, 2.24) is 25.7 Å². The molecule has 2 fully saturated rings. The molecule has 1 saturated heterocycles. The Morgan fingerprint density at radius 3 is 2.52 bits per heavy atom. The van der Waals surface area contributed by atoms with Gasteiger partial charge in [0.05, 0.1) is 12.6 Å². The lowest BCUT2D eigenvalue weighted by molar-refractivity contribution is -0.136. The first-order valence-electron chi connectivity index (χ1n) is 16.8. The lowest BCUT2D eigenvalue weighted by Crippen LogP contribution is -2.63. The normalized spacial score (nSPS) is 20.2. The molecule has 3 aromatic rings. The first-order valence-corrected chi connectivity index (χ1v) is 17.2. The smallest absolute Gasteiger partial charge is 0.252 e. The molecule has 50 heavy (non-hydrogen) atoms. The molecule has 262 valence electrons. The topological polar surface area (TPSA) is 102 Å². The number of carbonyl (C=O) groups is 2. The molecule has 4 aliphatic rings. The van der Waals surface area contributed by atoms with Gasteiger partial charge in [-0.3, -0.25) is 9.59 Å². The van der Waals surface area contributed by atoms with Crippen LogP contribution < -0.4 is 15.6 Å². The Balaban J connectivity index is 1.12. The largest absolute Gasteiger partial charge is 0.488 e. The number of aryl methyl sites for hydroxylation is 1. The highest BCUT2D eigenvalue weighted by Gasteiger charge is 2.43. The second kappa shape index (κ2) is 14.8. The van der Waals surface area contributed by atoms with Gasteiger partial charge in [0, 0.05) is 42.3 Å². The van der Waals surface area contributed by atoms with E-state index in [1.165, 1.54) is 0 Å². The van der Waals surface area contributed by atoms with Crippen LogP contribution >= 0.6 is 11.6 Å². The van der Waals surface area contributed by atoms with Crippen LogP contribution in [0.15, 0.2) is 76.6 Å². The zero-order valence-electron chi connectivity index (χ0n) is 27.3. The standard InChI is InChI=1S/C36H37ClF3N7O3/c37-28-6-2-1-5-24(28)17-47(26-11-12-26)36(49)33-27(16-25-18-45(19-31(33)42-25)32(48)20-46-21-41-43-44-46)23-9-7-22(8-10-23)4-3-15-50-35-30(39)14-13-29(38)34(35)40/h1-2,5-10,13-14,25-26,31,42H,3-4,11-12,15-21H2,(H,41,44). The predicted octanol–water partition coefficient (Wildman–Crippen LogP) is 5.43. The number of rotatable bonds is 12. The van der Waals surface area contributed by atoms with Gasteiger partial charge < -0.3 is 19.9 Å². The molecule has 10 nitrogen and oxygen atoms in total. The van der Waals surface area contributed by atoms with E-state index in [1.807, 2.05) is 58.3 Å². The summed E-state index contributed by atoms with van der Waals surface area (Å²) in [5, 5.41) is 13.5. The van der Waals surface area contributed by atoms with Crippen LogP contribution in [0.3, 0.4) is 0 Å². The van der Waals surface area contributed by atoms with E-state index in [1.54, 1.807) is 5.01 Å². The first-order chi connectivity index (χ1) is 24.2. The summed E-state index contributed by atoms with van der Waals surface area (Å²) in [6, 6.07) is 16.7. The number of benzene rings is 3. The molecule has 1 aliphatic carbocycles. The monoisotopic (exact) mass is 707 g/mol. The molecule has 1 saturated carbocycles. The summed E-state index contributed by atoms with van der Waals surface area (Å²) in [6.07, 6.45) is 3.40. The van der Waals surface area contributed by atoms with Crippen LogP contribution in [0.2, 0.25) is 5.02 Å². The fraction of sp³-hybridized carbons (Fsp3) is 0.389. The SMILES string of the molecule is O=C(CN1CN=NN1)N1CC2CC(c3ccc(CCCOc4c(F)ccc(F)c4F)cc3)=C(C(=O)N(Cc3ccccc3Cl)C3CC3)C(C1)N2. The number of hydrogen-bond acceptors (Lipinski definition) is 8. The average Bonchev–Trinajstić information content (AvgIpc) is 3.83. The van der Waals surface area contributed by atoms with Crippen LogP contribution in [-0.2, 0) is 22.6 Å². The molecule has 3 aliphatic heterocycles. The zero-order valence-corrected chi connectivity index (χ0v) is 28.0. The Labute approximate surface area is 292 Å². The maximum atomic E-state index is 14.7. The van der Waals surface area contributed by atoms with Crippen molar-refractivity contribution in [3.63, 3.8) is 0 Å². The van der Waals surface area contributed by atoms with Crippen LogP contribution in [0.5, 0.6) is 5.75 Å². The zero-order chi connectivity index (χ0) is 34.8. The molecule has 2 atom stereocenters. The average molecular weight is 708 g/mol. The van der Waals surface area contributed by atoms with E-state index in [0.717, 1.165) is 47.2 Å². The highest BCUT2D eigenvalue weighted by Crippen LogP contribution is 2.38. The van der Waals surface area contributed by atoms with E-state index < -0.39 is 23.2 Å². The molecular formula is C36H37ClF3N7O3. The number of amides is 2. The highest BCUT2D eigenvalue weighted by atomic mass is 35.5. The van der Waals surface area contributed by atoms with Crippen LogP contribution in [-0.4, -0.2) is 77.7 Å². The summed E-state index contributed by atoms with van der Waals surface area (Å²) < 4.78 is 46.7. The maximum absolute atomic E-state index is 14.7. The highest BCUT2D eigenvalue weighted by molar-refractivity contribution is 6.31. The molecular weight excluding hydrogens is 671 g/mol. The lowest BCUT2D eigenvalue weighted by atomic mass is 9.82. The van der Waals surface area contributed by atoms with Crippen molar-refractivity contribution in [2.45, 2.75) is 56.8 Å². The molecule has 7 rings (SSSR count). The van der Waals surface area contributed by atoms with Gasteiger partial charge >= 0.3 is 0 Å². The molecule has 2 amide bonds. The van der Waals surface area contributed by atoms with E-state index in [2.05, 4.69) is 21.2 Å². The number of ether oxygens (including phenoxy) is 1. The van der Waals surface area contributed by atoms with Crippen LogP contribution in [0, 0.1) is 17.5 Å².